The Labute approximate surface area is 181 Å². The van der Waals surface area contributed by atoms with Crippen LogP contribution in [0.15, 0.2) is 77.9 Å². The molecule has 0 aromatic heterocycles. The van der Waals surface area contributed by atoms with Gasteiger partial charge in [-0.15, -0.1) is 0 Å². The highest BCUT2D eigenvalue weighted by Gasteiger charge is 2.16. The number of hydrogen-bond donors (Lipinski definition) is 1. The minimum atomic E-state index is -0.293. The number of halogens is 1. The monoisotopic (exact) mass is 418 g/mol. The summed E-state index contributed by atoms with van der Waals surface area (Å²) in [4.78, 5) is 12.9. The standard InChI is InChI=1S/C25H23ClN2O2/c26-22-14-6-2-11-19(22)17-30-24-16-8-5-13-21(24)25(29)28-27-23-15-7-3-10-18-9-1-4-12-20(18)23/h1-2,4-6,8-9,11-14,16H,3,7,10,15,17H2,(H,28,29). The molecule has 0 saturated carbocycles. The number of benzene rings is 3. The van der Waals surface area contributed by atoms with Crippen LogP contribution in [-0.4, -0.2) is 11.6 Å². The normalized spacial score (nSPS) is 14.6. The maximum atomic E-state index is 12.9. The first-order chi connectivity index (χ1) is 14.7. The summed E-state index contributed by atoms with van der Waals surface area (Å²) >= 11 is 6.21. The summed E-state index contributed by atoms with van der Waals surface area (Å²) in [6, 6.07) is 22.9. The maximum absolute atomic E-state index is 12.9. The number of nitrogens with zero attached hydrogens (tertiary/aromatic N) is 1. The summed E-state index contributed by atoms with van der Waals surface area (Å²) in [5.41, 5.74) is 7.37. The van der Waals surface area contributed by atoms with Gasteiger partial charge in [0.15, 0.2) is 0 Å². The largest absolute Gasteiger partial charge is 0.488 e. The Morgan fingerprint density at radius 1 is 0.933 bits per heavy atom. The predicted molar refractivity (Wildman–Crippen MR) is 120 cm³/mol. The van der Waals surface area contributed by atoms with Gasteiger partial charge < -0.3 is 4.74 Å². The number of ether oxygens (including phenoxy) is 1. The average molecular weight is 419 g/mol. The van der Waals surface area contributed by atoms with E-state index in [4.69, 9.17) is 16.3 Å². The first-order valence-electron chi connectivity index (χ1n) is 10.1. The van der Waals surface area contributed by atoms with Gasteiger partial charge in [0.25, 0.3) is 5.91 Å². The van der Waals surface area contributed by atoms with Gasteiger partial charge in [-0.1, -0.05) is 66.2 Å². The van der Waals surface area contributed by atoms with Crippen LogP contribution >= 0.6 is 11.6 Å². The quantitative estimate of drug-likeness (QED) is 0.421. The maximum Gasteiger partial charge on any atom is 0.275 e. The number of carbonyl (C=O) groups is 1. The van der Waals surface area contributed by atoms with Crippen molar-refractivity contribution >= 4 is 23.2 Å². The van der Waals surface area contributed by atoms with E-state index in [2.05, 4.69) is 22.7 Å². The minimum absolute atomic E-state index is 0.284. The van der Waals surface area contributed by atoms with Crippen molar-refractivity contribution in [1.82, 2.24) is 5.43 Å². The summed E-state index contributed by atoms with van der Waals surface area (Å²) in [7, 11) is 0. The first-order valence-corrected chi connectivity index (χ1v) is 10.5. The molecule has 0 aliphatic heterocycles. The van der Waals surface area contributed by atoms with Crippen LogP contribution in [0, 0.1) is 0 Å². The number of carbonyl (C=O) groups excluding carboxylic acids is 1. The average Bonchev–Trinajstić information content (AvgIpc) is 2.99. The number of para-hydroxylation sites is 1. The fourth-order valence-electron chi connectivity index (χ4n) is 3.61. The summed E-state index contributed by atoms with van der Waals surface area (Å²) < 4.78 is 5.90. The predicted octanol–water partition coefficient (Wildman–Crippen LogP) is 5.78. The van der Waals surface area contributed by atoms with Crippen molar-refractivity contribution in [1.29, 1.82) is 0 Å². The molecular formula is C25H23ClN2O2. The highest BCUT2D eigenvalue weighted by molar-refractivity contribution is 6.31. The second-order valence-corrected chi connectivity index (χ2v) is 7.65. The lowest BCUT2D eigenvalue weighted by Crippen LogP contribution is -2.21. The molecule has 0 heterocycles. The SMILES string of the molecule is O=C(NN=C1CCCCc2ccccc21)c1ccccc1OCc1ccccc1Cl. The molecule has 3 aromatic rings. The Hall–Kier alpha value is -3.11. The molecule has 4 rings (SSSR count). The summed E-state index contributed by atoms with van der Waals surface area (Å²) in [6.45, 7) is 0.284. The van der Waals surface area contributed by atoms with Crippen molar-refractivity contribution in [2.75, 3.05) is 0 Å². The molecule has 0 saturated heterocycles. The van der Waals surface area contributed by atoms with E-state index in [-0.39, 0.29) is 12.5 Å². The van der Waals surface area contributed by atoms with E-state index in [1.807, 2.05) is 48.5 Å². The molecule has 0 radical (unpaired) electrons. The van der Waals surface area contributed by atoms with Crippen molar-refractivity contribution in [2.45, 2.75) is 32.3 Å². The van der Waals surface area contributed by atoms with E-state index in [0.717, 1.165) is 42.5 Å². The fourth-order valence-corrected chi connectivity index (χ4v) is 3.80. The third kappa shape index (κ3) is 4.71. The molecule has 4 nitrogen and oxygen atoms in total. The highest BCUT2D eigenvalue weighted by Crippen LogP contribution is 2.23. The van der Waals surface area contributed by atoms with Crippen LogP contribution in [0.2, 0.25) is 5.02 Å². The zero-order valence-electron chi connectivity index (χ0n) is 16.6. The Bertz CT molecular complexity index is 1080. The Morgan fingerprint density at radius 3 is 2.57 bits per heavy atom. The lowest BCUT2D eigenvalue weighted by atomic mass is 10.0. The Kier molecular flexibility index (Phi) is 6.45. The molecule has 0 spiro atoms. The number of aryl methyl sites for hydroxylation is 1. The highest BCUT2D eigenvalue weighted by atomic mass is 35.5. The molecule has 30 heavy (non-hydrogen) atoms. The third-order valence-corrected chi connectivity index (χ3v) is 5.57. The molecule has 0 unspecified atom stereocenters. The van der Waals surface area contributed by atoms with Crippen molar-refractivity contribution in [2.24, 2.45) is 5.10 Å². The van der Waals surface area contributed by atoms with Gasteiger partial charge in [-0.05, 0) is 49.4 Å². The van der Waals surface area contributed by atoms with Crippen molar-refractivity contribution in [3.63, 3.8) is 0 Å². The molecule has 1 N–H and O–H groups in total. The lowest BCUT2D eigenvalue weighted by molar-refractivity contribution is 0.0950. The Balaban J connectivity index is 1.51. The van der Waals surface area contributed by atoms with Crippen LogP contribution in [0.5, 0.6) is 5.75 Å². The van der Waals surface area contributed by atoms with Gasteiger partial charge in [0, 0.05) is 16.1 Å². The molecular weight excluding hydrogens is 396 g/mol. The summed E-state index contributed by atoms with van der Waals surface area (Å²) in [5.74, 6) is 0.204. The van der Waals surface area contributed by atoms with Crippen molar-refractivity contribution in [3.05, 3.63) is 100 Å². The van der Waals surface area contributed by atoms with E-state index >= 15 is 0 Å². The lowest BCUT2D eigenvalue weighted by Gasteiger charge is -2.12. The first kappa shape index (κ1) is 20.2. The zero-order chi connectivity index (χ0) is 20.8. The van der Waals surface area contributed by atoms with E-state index in [0.29, 0.717) is 16.3 Å². The number of rotatable bonds is 5. The van der Waals surface area contributed by atoms with Gasteiger partial charge in [0.05, 0.1) is 11.3 Å². The van der Waals surface area contributed by atoms with Crippen LogP contribution in [0.4, 0.5) is 0 Å². The number of fused-ring (bicyclic) bond motifs is 1. The molecule has 0 fully saturated rings. The molecule has 1 amide bonds. The van der Waals surface area contributed by atoms with Crippen molar-refractivity contribution in [3.8, 4) is 5.75 Å². The van der Waals surface area contributed by atoms with Gasteiger partial charge in [-0.2, -0.15) is 5.10 Å². The molecule has 1 aliphatic carbocycles. The van der Waals surface area contributed by atoms with Crippen LogP contribution in [0.1, 0.15) is 46.3 Å². The number of amides is 1. The van der Waals surface area contributed by atoms with E-state index in [9.17, 15) is 4.79 Å². The Morgan fingerprint density at radius 2 is 1.67 bits per heavy atom. The molecule has 0 atom stereocenters. The molecule has 0 bridgehead atoms. The summed E-state index contributed by atoms with van der Waals surface area (Å²) in [6.07, 6.45) is 4.08. The molecule has 5 heteroatoms. The topological polar surface area (TPSA) is 50.7 Å². The minimum Gasteiger partial charge on any atom is -0.488 e. The molecule has 3 aromatic carbocycles. The smallest absolute Gasteiger partial charge is 0.275 e. The molecule has 152 valence electrons. The zero-order valence-corrected chi connectivity index (χ0v) is 17.4. The third-order valence-electron chi connectivity index (χ3n) is 5.20. The number of hydrogen-bond acceptors (Lipinski definition) is 3. The van der Waals surface area contributed by atoms with Gasteiger partial charge in [0.1, 0.15) is 12.4 Å². The van der Waals surface area contributed by atoms with Crippen LogP contribution in [0.3, 0.4) is 0 Å². The summed E-state index contributed by atoms with van der Waals surface area (Å²) in [5, 5.41) is 5.11. The number of hydrazone groups is 1. The van der Waals surface area contributed by atoms with Gasteiger partial charge in [0.2, 0.25) is 0 Å². The van der Waals surface area contributed by atoms with Gasteiger partial charge >= 0.3 is 0 Å². The second-order valence-electron chi connectivity index (χ2n) is 7.24. The van der Waals surface area contributed by atoms with E-state index in [1.165, 1.54) is 5.56 Å². The van der Waals surface area contributed by atoms with Crippen LogP contribution < -0.4 is 10.2 Å². The molecule has 1 aliphatic rings. The van der Waals surface area contributed by atoms with Crippen LogP contribution in [-0.2, 0) is 13.0 Å². The number of nitrogens with one attached hydrogen (secondary N) is 1. The van der Waals surface area contributed by atoms with Gasteiger partial charge in [-0.25, -0.2) is 5.43 Å². The van der Waals surface area contributed by atoms with E-state index < -0.39 is 0 Å². The van der Waals surface area contributed by atoms with Gasteiger partial charge in [-0.3, -0.25) is 4.79 Å². The van der Waals surface area contributed by atoms with Crippen LogP contribution in [0.25, 0.3) is 0 Å². The van der Waals surface area contributed by atoms with E-state index in [1.54, 1.807) is 12.1 Å². The second kappa shape index (κ2) is 9.59. The fraction of sp³-hybridized carbons (Fsp3) is 0.200. The van der Waals surface area contributed by atoms with Crippen molar-refractivity contribution < 1.29 is 9.53 Å².